The molecule has 0 aliphatic carbocycles. The van der Waals surface area contributed by atoms with Crippen LogP contribution in [0.4, 0.5) is 10.1 Å². The van der Waals surface area contributed by atoms with E-state index in [1.807, 2.05) is 0 Å². The van der Waals surface area contributed by atoms with Crippen molar-refractivity contribution in [3.05, 3.63) is 59.9 Å². The molecular formula is C15H14FNO2. The fourth-order valence-electron chi connectivity index (χ4n) is 1.64. The average molecular weight is 259 g/mol. The Kier molecular flexibility index (Phi) is 4.13. The fraction of sp³-hybridized carbons (Fsp3) is 0.133. The first kappa shape index (κ1) is 13.1. The van der Waals surface area contributed by atoms with Crippen LogP contribution in [-0.4, -0.2) is 5.91 Å². The lowest BCUT2D eigenvalue weighted by atomic mass is 10.2. The number of ether oxygens (including phenoxy) is 1. The standard InChI is InChI=1S/C15H14FNO2/c1-11(18)17-13-6-4-7-14(9-13)19-10-12-5-2-3-8-15(12)16/h2-9H,10H2,1H3,(H,17,18). The third-order valence-electron chi connectivity index (χ3n) is 2.51. The first-order chi connectivity index (χ1) is 9.15. The van der Waals surface area contributed by atoms with Crippen LogP contribution in [0.1, 0.15) is 12.5 Å². The Morgan fingerprint density at radius 2 is 2.00 bits per heavy atom. The van der Waals surface area contributed by atoms with Crippen LogP contribution in [-0.2, 0) is 11.4 Å². The summed E-state index contributed by atoms with van der Waals surface area (Å²) in [5.74, 6) is 0.140. The minimum absolute atomic E-state index is 0.147. The van der Waals surface area contributed by atoms with Crippen LogP contribution in [0.5, 0.6) is 5.75 Å². The van der Waals surface area contributed by atoms with Crippen LogP contribution in [0.2, 0.25) is 0 Å². The predicted molar refractivity (Wildman–Crippen MR) is 71.5 cm³/mol. The molecule has 98 valence electrons. The molecule has 4 heteroatoms. The van der Waals surface area contributed by atoms with Gasteiger partial charge in [-0.05, 0) is 18.2 Å². The predicted octanol–water partition coefficient (Wildman–Crippen LogP) is 3.36. The topological polar surface area (TPSA) is 38.3 Å². The molecule has 0 saturated heterocycles. The van der Waals surface area contributed by atoms with Gasteiger partial charge in [-0.3, -0.25) is 4.79 Å². The number of halogens is 1. The Bertz CT molecular complexity index is 584. The molecule has 0 fully saturated rings. The Hall–Kier alpha value is -2.36. The summed E-state index contributed by atoms with van der Waals surface area (Å²) in [6.45, 7) is 1.59. The Morgan fingerprint density at radius 1 is 1.21 bits per heavy atom. The Labute approximate surface area is 111 Å². The summed E-state index contributed by atoms with van der Waals surface area (Å²) in [7, 11) is 0. The lowest BCUT2D eigenvalue weighted by molar-refractivity contribution is -0.114. The van der Waals surface area contributed by atoms with Crippen LogP contribution < -0.4 is 10.1 Å². The lowest BCUT2D eigenvalue weighted by Gasteiger charge is -2.09. The molecule has 0 radical (unpaired) electrons. The van der Waals surface area contributed by atoms with E-state index in [1.165, 1.54) is 13.0 Å². The monoisotopic (exact) mass is 259 g/mol. The summed E-state index contributed by atoms with van der Waals surface area (Å²) in [6, 6.07) is 13.4. The number of benzene rings is 2. The van der Waals surface area contributed by atoms with Gasteiger partial charge < -0.3 is 10.1 Å². The van der Waals surface area contributed by atoms with Gasteiger partial charge in [0.05, 0.1) is 0 Å². The maximum absolute atomic E-state index is 13.4. The minimum atomic E-state index is -0.291. The molecule has 0 spiro atoms. The van der Waals surface area contributed by atoms with Gasteiger partial charge in [-0.1, -0.05) is 24.3 Å². The van der Waals surface area contributed by atoms with E-state index in [4.69, 9.17) is 4.74 Å². The Morgan fingerprint density at radius 3 is 2.74 bits per heavy atom. The number of amides is 1. The smallest absolute Gasteiger partial charge is 0.221 e. The molecule has 0 unspecified atom stereocenters. The number of carbonyl (C=O) groups is 1. The average Bonchev–Trinajstić information content (AvgIpc) is 2.37. The van der Waals surface area contributed by atoms with Crippen LogP contribution in [0.15, 0.2) is 48.5 Å². The van der Waals surface area contributed by atoms with Gasteiger partial charge in [0.1, 0.15) is 18.2 Å². The van der Waals surface area contributed by atoms with Crippen molar-refractivity contribution in [1.82, 2.24) is 0 Å². The van der Waals surface area contributed by atoms with Gasteiger partial charge in [0.25, 0.3) is 0 Å². The normalized spacial score (nSPS) is 10.0. The summed E-state index contributed by atoms with van der Waals surface area (Å²) >= 11 is 0. The second-order valence-corrected chi connectivity index (χ2v) is 4.09. The molecule has 0 aliphatic heterocycles. The van der Waals surface area contributed by atoms with E-state index in [0.717, 1.165) is 0 Å². The van der Waals surface area contributed by atoms with Gasteiger partial charge in [0, 0.05) is 24.2 Å². The molecule has 2 rings (SSSR count). The van der Waals surface area contributed by atoms with Gasteiger partial charge in [0.15, 0.2) is 0 Å². The quantitative estimate of drug-likeness (QED) is 0.914. The van der Waals surface area contributed by atoms with Crippen molar-refractivity contribution in [2.75, 3.05) is 5.32 Å². The third kappa shape index (κ3) is 3.81. The molecule has 0 heterocycles. The molecule has 0 aromatic heterocycles. The largest absolute Gasteiger partial charge is 0.489 e. The molecule has 0 atom stereocenters. The molecule has 2 aromatic carbocycles. The maximum atomic E-state index is 13.4. The van der Waals surface area contributed by atoms with Gasteiger partial charge >= 0.3 is 0 Å². The highest BCUT2D eigenvalue weighted by Crippen LogP contribution is 2.19. The highest BCUT2D eigenvalue weighted by Gasteiger charge is 2.03. The van der Waals surface area contributed by atoms with Gasteiger partial charge in [-0.15, -0.1) is 0 Å². The molecule has 19 heavy (non-hydrogen) atoms. The molecular weight excluding hydrogens is 245 g/mol. The number of rotatable bonds is 4. The van der Waals surface area contributed by atoms with E-state index in [1.54, 1.807) is 42.5 Å². The number of anilines is 1. The molecule has 0 bridgehead atoms. The van der Waals surface area contributed by atoms with E-state index < -0.39 is 0 Å². The molecule has 3 nitrogen and oxygen atoms in total. The van der Waals surface area contributed by atoms with Crippen molar-refractivity contribution in [1.29, 1.82) is 0 Å². The highest BCUT2D eigenvalue weighted by atomic mass is 19.1. The first-order valence-corrected chi connectivity index (χ1v) is 5.89. The van der Waals surface area contributed by atoms with E-state index >= 15 is 0 Å². The van der Waals surface area contributed by atoms with Gasteiger partial charge in [-0.2, -0.15) is 0 Å². The summed E-state index contributed by atoms with van der Waals surface area (Å²) in [5, 5.41) is 2.66. The van der Waals surface area contributed by atoms with Crippen LogP contribution in [0.3, 0.4) is 0 Å². The van der Waals surface area contributed by atoms with Crippen molar-refractivity contribution in [2.24, 2.45) is 0 Å². The van der Waals surface area contributed by atoms with E-state index in [9.17, 15) is 9.18 Å². The number of hydrogen-bond donors (Lipinski definition) is 1. The van der Waals surface area contributed by atoms with Crippen molar-refractivity contribution in [2.45, 2.75) is 13.5 Å². The SMILES string of the molecule is CC(=O)Nc1cccc(OCc2ccccc2F)c1. The van der Waals surface area contributed by atoms with Crippen molar-refractivity contribution in [3.63, 3.8) is 0 Å². The number of carbonyl (C=O) groups excluding carboxylic acids is 1. The van der Waals surface area contributed by atoms with Crippen molar-refractivity contribution >= 4 is 11.6 Å². The zero-order valence-electron chi connectivity index (χ0n) is 10.5. The van der Waals surface area contributed by atoms with E-state index in [0.29, 0.717) is 17.0 Å². The van der Waals surface area contributed by atoms with Crippen LogP contribution >= 0.6 is 0 Å². The number of nitrogens with one attached hydrogen (secondary N) is 1. The lowest BCUT2D eigenvalue weighted by Crippen LogP contribution is -2.05. The molecule has 2 aromatic rings. The molecule has 0 aliphatic rings. The van der Waals surface area contributed by atoms with Crippen molar-refractivity contribution < 1.29 is 13.9 Å². The molecule has 0 saturated carbocycles. The van der Waals surface area contributed by atoms with E-state index in [-0.39, 0.29) is 18.3 Å². The van der Waals surface area contributed by atoms with Gasteiger partial charge in [-0.25, -0.2) is 4.39 Å². The summed E-state index contributed by atoms with van der Waals surface area (Å²) in [5.41, 5.74) is 1.14. The van der Waals surface area contributed by atoms with Crippen LogP contribution in [0.25, 0.3) is 0 Å². The second-order valence-electron chi connectivity index (χ2n) is 4.09. The summed E-state index contributed by atoms with van der Waals surface area (Å²) in [4.78, 5) is 10.9. The zero-order chi connectivity index (χ0) is 13.7. The minimum Gasteiger partial charge on any atom is -0.489 e. The first-order valence-electron chi connectivity index (χ1n) is 5.89. The summed E-state index contributed by atoms with van der Waals surface area (Å²) in [6.07, 6.45) is 0. The fourth-order valence-corrected chi connectivity index (χ4v) is 1.64. The molecule has 1 N–H and O–H groups in total. The Balaban J connectivity index is 2.03. The second kappa shape index (κ2) is 6.00. The number of hydrogen-bond acceptors (Lipinski definition) is 2. The van der Waals surface area contributed by atoms with Crippen LogP contribution in [0, 0.1) is 5.82 Å². The summed E-state index contributed by atoms with van der Waals surface area (Å²) < 4.78 is 18.9. The molecule has 1 amide bonds. The van der Waals surface area contributed by atoms with Gasteiger partial charge in [0.2, 0.25) is 5.91 Å². The van der Waals surface area contributed by atoms with E-state index in [2.05, 4.69) is 5.32 Å². The highest BCUT2D eigenvalue weighted by molar-refractivity contribution is 5.88. The zero-order valence-corrected chi connectivity index (χ0v) is 10.5. The maximum Gasteiger partial charge on any atom is 0.221 e. The van der Waals surface area contributed by atoms with Crippen molar-refractivity contribution in [3.8, 4) is 5.75 Å². The third-order valence-corrected chi connectivity index (χ3v) is 2.51.